The fourth-order valence-corrected chi connectivity index (χ4v) is 7.03. The van der Waals surface area contributed by atoms with Crippen LogP contribution < -0.4 is 0 Å². The number of carbonyl (C=O) groups is 2. The van der Waals surface area contributed by atoms with Crippen LogP contribution in [0.3, 0.4) is 0 Å². The molecule has 2 aliphatic heterocycles. The molecule has 5 nitrogen and oxygen atoms in total. The first-order valence-corrected chi connectivity index (χ1v) is 15.2. The first-order chi connectivity index (χ1) is 19.6. The van der Waals surface area contributed by atoms with Gasteiger partial charge in [0.05, 0.1) is 12.0 Å². The molecule has 2 unspecified atom stereocenters. The van der Waals surface area contributed by atoms with Crippen molar-refractivity contribution in [2.24, 2.45) is 5.92 Å². The van der Waals surface area contributed by atoms with Gasteiger partial charge in [0.25, 0.3) is 0 Å². The van der Waals surface area contributed by atoms with Gasteiger partial charge < -0.3 is 9.80 Å². The molecule has 2 heterocycles. The molecule has 0 N–H and O–H groups in total. The average Bonchev–Trinajstić information content (AvgIpc) is 3.35. The Balaban J connectivity index is 1.56. The molecule has 8 heteroatoms. The summed E-state index contributed by atoms with van der Waals surface area (Å²) in [6.07, 6.45) is 1.34. The van der Waals surface area contributed by atoms with E-state index in [9.17, 15) is 22.8 Å². The van der Waals surface area contributed by atoms with Crippen molar-refractivity contribution in [3.63, 3.8) is 0 Å². The molecule has 2 aliphatic rings. The molecular formula is C34H46F3N3O2. The summed E-state index contributed by atoms with van der Waals surface area (Å²) in [5.74, 6) is -2.33. The maximum atomic E-state index is 14.9. The van der Waals surface area contributed by atoms with E-state index in [-0.39, 0.29) is 47.1 Å². The number of rotatable bonds is 6. The number of halogens is 3. The van der Waals surface area contributed by atoms with Crippen molar-refractivity contribution in [2.45, 2.75) is 97.7 Å². The average molecular weight is 586 g/mol. The Morgan fingerprint density at radius 2 is 1.57 bits per heavy atom. The van der Waals surface area contributed by atoms with Crippen LogP contribution in [0.1, 0.15) is 101 Å². The second-order valence-corrected chi connectivity index (χ2v) is 13.5. The van der Waals surface area contributed by atoms with Gasteiger partial charge in [0.15, 0.2) is 0 Å². The van der Waals surface area contributed by atoms with Crippen LogP contribution in [0.5, 0.6) is 0 Å². The molecule has 4 rings (SSSR count). The molecule has 0 radical (unpaired) electrons. The van der Waals surface area contributed by atoms with E-state index in [1.807, 2.05) is 36.6 Å². The third kappa shape index (κ3) is 6.53. The predicted molar refractivity (Wildman–Crippen MR) is 160 cm³/mol. The Morgan fingerprint density at radius 3 is 2.12 bits per heavy atom. The van der Waals surface area contributed by atoms with E-state index in [0.717, 1.165) is 17.2 Å². The highest BCUT2D eigenvalue weighted by atomic mass is 19.1. The first-order valence-electron chi connectivity index (χ1n) is 15.2. The molecule has 2 amide bonds. The quantitative estimate of drug-likeness (QED) is 0.369. The molecule has 2 saturated heterocycles. The van der Waals surface area contributed by atoms with Crippen LogP contribution in [-0.4, -0.2) is 64.3 Å². The van der Waals surface area contributed by atoms with Crippen LogP contribution in [0.15, 0.2) is 30.3 Å². The number of aryl methyl sites for hydroxylation is 1. The number of nitrogens with zero attached hydrogens (tertiary/aromatic N) is 3. The summed E-state index contributed by atoms with van der Waals surface area (Å²) >= 11 is 0. The number of amides is 2. The minimum absolute atomic E-state index is 0.00635. The lowest BCUT2D eigenvalue weighted by molar-refractivity contribution is -0.137. The van der Waals surface area contributed by atoms with E-state index in [1.54, 1.807) is 19.9 Å². The largest absolute Gasteiger partial charge is 0.342 e. The highest BCUT2D eigenvalue weighted by Gasteiger charge is 2.45. The van der Waals surface area contributed by atoms with E-state index in [2.05, 4.69) is 25.7 Å². The van der Waals surface area contributed by atoms with Gasteiger partial charge in [-0.1, -0.05) is 12.1 Å². The zero-order valence-electron chi connectivity index (χ0n) is 26.3. The van der Waals surface area contributed by atoms with E-state index < -0.39 is 17.6 Å². The van der Waals surface area contributed by atoms with Crippen LogP contribution in [0.4, 0.5) is 13.2 Å². The summed E-state index contributed by atoms with van der Waals surface area (Å²) in [6.45, 7) is 17.5. The second-order valence-electron chi connectivity index (χ2n) is 13.5. The van der Waals surface area contributed by atoms with Crippen molar-refractivity contribution < 1.29 is 22.8 Å². The summed E-state index contributed by atoms with van der Waals surface area (Å²) < 4.78 is 43.5. The van der Waals surface area contributed by atoms with Gasteiger partial charge in [0, 0.05) is 56.7 Å². The molecule has 0 aliphatic carbocycles. The summed E-state index contributed by atoms with van der Waals surface area (Å²) in [7, 11) is 0. The van der Waals surface area contributed by atoms with Crippen molar-refractivity contribution in [1.82, 2.24) is 14.7 Å². The van der Waals surface area contributed by atoms with E-state index in [1.165, 1.54) is 12.1 Å². The molecule has 2 fully saturated rings. The Bertz CT molecular complexity index is 1310. The normalized spacial score (nSPS) is 21.2. The van der Waals surface area contributed by atoms with Gasteiger partial charge in [-0.2, -0.15) is 0 Å². The van der Waals surface area contributed by atoms with Crippen LogP contribution in [0.25, 0.3) is 0 Å². The van der Waals surface area contributed by atoms with Crippen LogP contribution in [-0.2, 0) is 9.59 Å². The number of carbonyl (C=O) groups excluding carboxylic acids is 2. The maximum absolute atomic E-state index is 14.9. The molecule has 0 aromatic heterocycles. The van der Waals surface area contributed by atoms with Crippen LogP contribution >= 0.6 is 0 Å². The Morgan fingerprint density at radius 1 is 0.929 bits per heavy atom. The minimum Gasteiger partial charge on any atom is -0.342 e. The molecule has 230 valence electrons. The van der Waals surface area contributed by atoms with E-state index >= 15 is 0 Å². The molecule has 2 aromatic rings. The van der Waals surface area contributed by atoms with Gasteiger partial charge in [-0.25, -0.2) is 13.2 Å². The summed E-state index contributed by atoms with van der Waals surface area (Å²) in [6, 6.07) is 6.90. The molecule has 0 saturated carbocycles. The van der Waals surface area contributed by atoms with Gasteiger partial charge in [-0.05, 0) is 102 Å². The SMILES string of the molecule is CC(=O)N(C(C)C)C(C)c1cc(C)c(F)cc1C1CCN(C(=O)[C@@H]2CN(C(C)(C)C)CC2c2ccc(F)cc2F)CC1. The van der Waals surface area contributed by atoms with Crippen LogP contribution in [0, 0.1) is 30.3 Å². The predicted octanol–water partition coefficient (Wildman–Crippen LogP) is 6.95. The van der Waals surface area contributed by atoms with Gasteiger partial charge in [0.2, 0.25) is 11.8 Å². The number of hydrogen-bond donors (Lipinski definition) is 0. The fraction of sp³-hybridized carbons (Fsp3) is 0.588. The molecule has 3 atom stereocenters. The monoisotopic (exact) mass is 585 g/mol. The minimum atomic E-state index is -0.632. The Hall–Kier alpha value is -2.87. The van der Waals surface area contributed by atoms with Gasteiger partial charge in [-0.3, -0.25) is 14.5 Å². The number of benzene rings is 2. The lowest BCUT2D eigenvalue weighted by Crippen LogP contribution is -2.44. The Kier molecular flexibility index (Phi) is 9.46. The zero-order valence-corrected chi connectivity index (χ0v) is 26.3. The van der Waals surface area contributed by atoms with Gasteiger partial charge >= 0.3 is 0 Å². The number of piperidine rings is 1. The lowest BCUT2D eigenvalue weighted by Gasteiger charge is -2.38. The maximum Gasteiger partial charge on any atom is 0.227 e. The molecule has 2 aromatic carbocycles. The van der Waals surface area contributed by atoms with Crippen molar-refractivity contribution in [2.75, 3.05) is 26.2 Å². The van der Waals surface area contributed by atoms with E-state index in [4.69, 9.17) is 0 Å². The van der Waals surface area contributed by atoms with Crippen molar-refractivity contribution in [1.29, 1.82) is 0 Å². The lowest BCUT2D eigenvalue weighted by atomic mass is 9.82. The van der Waals surface area contributed by atoms with Crippen molar-refractivity contribution in [3.05, 3.63) is 70.0 Å². The fourth-order valence-electron chi connectivity index (χ4n) is 7.03. The number of hydrogen-bond acceptors (Lipinski definition) is 3. The third-order valence-electron chi connectivity index (χ3n) is 9.35. The summed E-state index contributed by atoms with van der Waals surface area (Å²) in [4.78, 5) is 32.4. The number of likely N-dealkylation sites (tertiary alicyclic amines) is 2. The van der Waals surface area contributed by atoms with E-state index in [0.29, 0.717) is 50.1 Å². The second kappa shape index (κ2) is 12.4. The van der Waals surface area contributed by atoms with Crippen LogP contribution in [0.2, 0.25) is 0 Å². The van der Waals surface area contributed by atoms with Crippen molar-refractivity contribution in [3.8, 4) is 0 Å². The molecular weight excluding hydrogens is 539 g/mol. The summed E-state index contributed by atoms with van der Waals surface area (Å²) in [5, 5.41) is 0. The molecule has 0 spiro atoms. The first kappa shape index (κ1) is 32.1. The highest BCUT2D eigenvalue weighted by molar-refractivity contribution is 5.81. The van der Waals surface area contributed by atoms with Crippen molar-refractivity contribution >= 4 is 11.8 Å². The zero-order chi connectivity index (χ0) is 31.1. The molecule has 0 bridgehead atoms. The molecule has 42 heavy (non-hydrogen) atoms. The van der Waals surface area contributed by atoms with Gasteiger partial charge in [0.1, 0.15) is 17.5 Å². The smallest absolute Gasteiger partial charge is 0.227 e. The third-order valence-corrected chi connectivity index (χ3v) is 9.35. The highest BCUT2D eigenvalue weighted by Crippen LogP contribution is 2.41. The summed E-state index contributed by atoms with van der Waals surface area (Å²) in [5.41, 5.74) is 2.57. The van der Waals surface area contributed by atoms with Gasteiger partial charge in [-0.15, -0.1) is 0 Å². The topological polar surface area (TPSA) is 43.9 Å². The Labute approximate surface area is 249 Å². The standard InChI is InChI=1S/C34H46F3N3O2/c1-20(2)40(23(5)41)22(4)27-15-21(3)31(36)17-28(27)24-11-13-38(14-12-24)33(42)30-19-39(34(6,7)8)18-29(30)26-10-9-25(35)16-32(26)37/h9-10,15-17,20,22,24,29-30H,11-14,18-19H2,1-8H3/t22?,29?,30-/m1/s1.